The number of aromatic nitrogens is 3. The van der Waals surface area contributed by atoms with E-state index in [4.69, 9.17) is 4.74 Å². The molecule has 0 saturated carbocycles. The van der Waals surface area contributed by atoms with E-state index in [1.807, 2.05) is 6.92 Å². The highest BCUT2D eigenvalue weighted by Gasteiger charge is 2.21. The molecule has 0 radical (unpaired) electrons. The summed E-state index contributed by atoms with van der Waals surface area (Å²) in [5.41, 5.74) is 0. The smallest absolute Gasteiger partial charge is 0.319 e. The van der Waals surface area contributed by atoms with Crippen molar-refractivity contribution in [3.63, 3.8) is 0 Å². The lowest BCUT2D eigenvalue weighted by Gasteiger charge is -2.11. The van der Waals surface area contributed by atoms with Crippen LogP contribution in [0.5, 0.6) is 0 Å². The van der Waals surface area contributed by atoms with Gasteiger partial charge in [0.1, 0.15) is 11.6 Å². The van der Waals surface area contributed by atoms with E-state index < -0.39 is 0 Å². The molecule has 1 rings (SSSR count). The zero-order chi connectivity index (χ0) is 11.3. The van der Waals surface area contributed by atoms with Gasteiger partial charge < -0.3 is 4.74 Å². The van der Waals surface area contributed by atoms with E-state index in [2.05, 4.69) is 10.1 Å². The lowest BCUT2D eigenvalue weighted by atomic mass is 10.3. The number of nitrogens with zero attached hydrogens (tertiary/aromatic N) is 3. The molecule has 5 nitrogen and oxygen atoms in total. The molecule has 0 unspecified atom stereocenters. The minimum atomic E-state index is -0.201. The van der Waals surface area contributed by atoms with Gasteiger partial charge >= 0.3 is 5.97 Å². The molecule has 84 valence electrons. The van der Waals surface area contributed by atoms with Gasteiger partial charge in [0.2, 0.25) is 0 Å². The molecule has 0 spiro atoms. The Morgan fingerprint density at radius 3 is 2.87 bits per heavy atom. The SMILES string of the molecule is CCOC(=O)[C@@H](CC)Sc1ncnn1C. The molecule has 0 N–H and O–H groups in total. The normalized spacial score (nSPS) is 12.5. The average molecular weight is 229 g/mol. The van der Waals surface area contributed by atoms with E-state index in [0.29, 0.717) is 6.61 Å². The predicted octanol–water partition coefficient (Wildman–Crippen LogP) is 1.25. The van der Waals surface area contributed by atoms with Crippen molar-refractivity contribution in [2.45, 2.75) is 30.7 Å². The van der Waals surface area contributed by atoms with Crippen molar-refractivity contribution < 1.29 is 9.53 Å². The first-order valence-electron chi connectivity index (χ1n) is 4.86. The Bertz CT molecular complexity index is 327. The summed E-state index contributed by atoms with van der Waals surface area (Å²) in [6, 6.07) is 0. The number of esters is 1. The molecule has 1 aromatic heterocycles. The van der Waals surface area contributed by atoms with Crippen molar-refractivity contribution in [1.29, 1.82) is 0 Å². The van der Waals surface area contributed by atoms with Crippen LogP contribution in [-0.2, 0) is 16.6 Å². The minimum absolute atomic E-state index is 0.187. The maximum atomic E-state index is 11.5. The molecule has 0 aliphatic carbocycles. The van der Waals surface area contributed by atoms with Crippen LogP contribution in [0.2, 0.25) is 0 Å². The molecular formula is C9H15N3O2S. The molecule has 0 aliphatic rings. The highest BCUT2D eigenvalue weighted by molar-refractivity contribution is 8.00. The molecule has 1 heterocycles. The third-order valence-corrected chi connectivity index (χ3v) is 3.23. The van der Waals surface area contributed by atoms with Crippen LogP contribution in [0.15, 0.2) is 11.5 Å². The topological polar surface area (TPSA) is 57.0 Å². The first-order chi connectivity index (χ1) is 7.19. The maximum absolute atomic E-state index is 11.5. The summed E-state index contributed by atoms with van der Waals surface area (Å²) in [5, 5.41) is 4.47. The van der Waals surface area contributed by atoms with Crippen LogP contribution >= 0.6 is 11.8 Å². The van der Waals surface area contributed by atoms with Crippen molar-refractivity contribution in [2.75, 3.05) is 6.61 Å². The summed E-state index contributed by atoms with van der Waals surface area (Å²) < 4.78 is 6.61. The lowest BCUT2D eigenvalue weighted by Crippen LogP contribution is -2.20. The van der Waals surface area contributed by atoms with Crippen molar-refractivity contribution in [1.82, 2.24) is 14.8 Å². The average Bonchev–Trinajstić information content (AvgIpc) is 2.61. The second kappa shape index (κ2) is 5.75. The molecule has 1 atom stereocenters. The standard InChI is InChI=1S/C9H15N3O2S/c1-4-7(8(13)14-5-2)15-9-10-6-11-12(9)3/h6-7H,4-5H2,1-3H3/t7-/m1/s1. The Labute approximate surface area is 93.2 Å². The van der Waals surface area contributed by atoms with Gasteiger partial charge in [-0.25, -0.2) is 9.67 Å². The molecule has 0 aromatic carbocycles. The molecule has 0 amide bonds. The second-order valence-electron chi connectivity index (χ2n) is 2.93. The molecule has 15 heavy (non-hydrogen) atoms. The van der Waals surface area contributed by atoms with Gasteiger partial charge in [-0.05, 0) is 13.3 Å². The van der Waals surface area contributed by atoms with Crippen molar-refractivity contribution in [3.8, 4) is 0 Å². The number of ether oxygens (including phenoxy) is 1. The molecule has 0 aliphatic heterocycles. The molecule has 0 fully saturated rings. The van der Waals surface area contributed by atoms with Crippen molar-refractivity contribution in [2.24, 2.45) is 7.05 Å². The minimum Gasteiger partial charge on any atom is -0.465 e. The molecule has 6 heteroatoms. The number of carbonyl (C=O) groups is 1. The van der Waals surface area contributed by atoms with Gasteiger partial charge in [0.15, 0.2) is 5.16 Å². The number of hydrogen-bond acceptors (Lipinski definition) is 5. The summed E-state index contributed by atoms with van der Waals surface area (Å²) >= 11 is 1.38. The first-order valence-corrected chi connectivity index (χ1v) is 5.74. The van der Waals surface area contributed by atoms with Gasteiger partial charge in [-0.1, -0.05) is 18.7 Å². The van der Waals surface area contributed by atoms with Crippen LogP contribution in [-0.4, -0.2) is 32.6 Å². The zero-order valence-electron chi connectivity index (χ0n) is 9.14. The zero-order valence-corrected chi connectivity index (χ0v) is 9.95. The number of hydrogen-bond donors (Lipinski definition) is 0. The maximum Gasteiger partial charge on any atom is 0.319 e. The summed E-state index contributed by atoms with van der Waals surface area (Å²) in [6.07, 6.45) is 2.19. The van der Waals surface area contributed by atoms with Crippen LogP contribution in [0.3, 0.4) is 0 Å². The fourth-order valence-electron chi connectivity index (χ4n) is 1.05. The summed E-state index contributed by atoms with van der Waals surface area (Å²) in [5.74, 6) is -0.187. The molecular weight excluding hydrogens is 214 g/mol. The van der Waals surface area contributed by atoms with Crippen LogP contribution in [0.1, 0.15) is 20.3 Å². The summed E-state index contributed by atoms with van der Waals surface area (Å²) in [4.78, 5) is 15.6. The Hall–Kier alpha value is -1.04. The van der Waals surface area contributed by atoms with Gasteiger partial charge in [-0.3, -0.25) is 4.79 Å². The van der Waals surface area contributed by atoms with Crippen molar-refractivity contribution in [3.05, 3.63) is 6.33 Å². The lowest BCUT2D eigenvalue weighted by molar-refractivity contribution is -0.142. The largest absolute Gasteiger partial charge is 0.465 e. The van der Waals surface area contributed by atoms with Gasteiger partial charge in [0.25, 0.3) is 0 Å². The number of aryl methyl sites for hydroxylation is 1. The van der Waals surface area contributed by atoms with E-state index in [1.165, 1.54) is 18.1 Å². The van der Waals surface area contributed by atoms with E-state index in [9.17, 15) is 4.79 Å². The molecule has 1 aromatic rings. The fraction of sp³-hybridized carbons (Fsp3) is 0.667. The third kappa shape index (κ3) is 3.23. The second-order valence-corrected chi connectivity index (χ2v) is 4.10. The van der Waals surface area contributed by atoms with Gasteiger partial charge in [-0.15, -0.1) is 0 Å². The fourth-order valence-corrected chi connectivity index (χ4v) is 1.95. The van der Waals surface area contributed by atoms with E-state index in [0.717, 1.165) is 11.6 Å². The molecule has 0 bridgehead atoms. The summed E-state index contributed by atoms with van der Waals surface area (Å²) in [6.45, 7) is 4.16. The van der Waals surface area contributed by atoms with Crippen LogP contribution in [0.25, 0.3) is 0 Å². The highest BCUT2D eigenvalue weighted by atomic mass is 32.2. The van der Waals surface area contributed by atoms with Crippen LogP contribution < -0.4 is 0 Å². The third-order valence-electron chi connectivity index (χ3n) is 1.84. The summed E-state index contributed by atoms with van der Waals surface area (Å²) in [7, 11) is 1.80. The predicted molar refractivity (Wildman–Crippen MR) is 57.6 cm³/mol. The van der Waals surface area contributed by atoms with Gasteiger partial charge in [-0.2, -0.15) is 5.10 Å². The van der Waals surface area contributed by atoms with Gasteiger partial charge in [0, 0.05) is 7.05 Å². The van der Waals surface area contributed by atoms with E-state index in [-0.39, 0.29) is 11.2 Å². The van der Waals surface area contributed by atoms with Gasteiger partial charge in [0.05, 0.1) is 6.61 Å². The first kappa shape index (κ1) is 12.0. The number of thioether (sulfide) groups is 1. The Kier molecular flexibility index (Phi) is 4.61. The number of rotatable bonds is 5. The van der Waals surface area contributed by atoms with Crippen LogP contribution in [0.4, 0.5) is 0 Å². The number of carbonyl (C=O) groups excluding carboxylic acids is 1. The van der Waals surface area contributed by atoms with E-state index in [1.54, 1.807) is 18.7 Å². The Morgan fingerprint density at radius 1 is 1.67 bits per heavy atom. The highest BCUT2D eigenvalue weighted by Crippen LogP contribution is 2.23. The Morgan fingerprint density at radius 2 is 2.40 bits per heavy atom. The van der Waals surface area contributed by atoms with Crippen LogP contribution in [0, 0.1) is 0 Å². The molecule has 0 saturated heterocycles. The van der Waals surface area contributed by atoms with E-state index >= 15 is 0 Å². The monoisotopic (exact) mass is 229 g/mol. The van der Waals surface area contributed by atoms with Crippen molar-refractivity contribution >= 4 is 17.7 Å². The quantitative estimate of drug-likeness (QED) is 0.562. The Balaban J connectivity index is 2.61.